The fraction of sp³-hybridized carbons (Fsp3) is 0.269. The highest BCUT2D eigenvalue weighted by Crippen LogP contribution is 2.30. The number of carbonyl (C=O) groups is 2. The molecule has 2 aromatic carbocycles. The molecule has 2 aromatic heterocycles. The number of hydrogen-bond acceptors (Lipinski definition) is 4. The predicted octanol–water partition coefficient (Wildman–Crippen LogP) is 3.57. The van der Waals surface area contributed by atoms with Crippen molar-refractivity contribution in [2.45, 2.75) is 31.7 Å². The Morgan fingerprint density at radius 2 is 1.88 bits per heavy atom. The molecule has 1 aliphatic carbocycles. The van der Waals surface area contributed by atoms with E-state index in [4.69, 9.17) is 5.73 Å². The van der Waals surface area contributed by atoms with E-state index >= 15 is 0 Å². The zero-order chi connectivity index (χ0) is 22.2. The van der Waals surface area contributed by atoms with Crippen molar-refractivity contribution in [3.05, 3.63) is 89.6 Å². The zero-order valence-corrected chi connectivity index (χ0v) is 18.1. The lowest BCUT2D eigenvalue weighted by Crippen LogP contribution is -2.37. The molecule has 6 heteroatoms. The topological polar surface area (TPSA) is 82.9 Å². The highest BCUT2D eigenvalue weighted by Gasteiger charge is 2.31. The van der Waals surface area contributed by atoms with Crippen molar-refractivity contribution in [2.24, 2.45) is 18.7 Å². The number of nitrogens with zero attached hydrogens (tertiary/aromatic N) is 3. The summed E-state index contributed by atoms with van der Waals surface area (Å²) in [5.74, 6) is -0.139. The molecule has 0 saturated heterocycles. The van der Waals surface area contributed by atoms with Crippen LogP contribution in [0.1, 0.15) is 38.5 Å². The maximum absolute atomic E-state index is 13.4. The summed E-state index contributed by atoms with van der Waals surface area (Å²) in [4.78, 5) is 30.8. The molecule has 2 heterocycles. The van der Waals surface area contributed by atoms with Crippen molar-refractivity contribution in [1.29, 1.82) is 0 Å². The number of aromatic nitrogens is 3. The van der Waals surface area contributed by atoms with Crippen LogP contribution in [0.2, 0.25) is 0 Å². The standard InChI is InChI=1S/C26H26N4O2/c1-29-15-20(19-9-5-6-10-23(19)29)25(31)18-11-12-24-22(14-18)28-16-30(24)26(32)21(27)13-17-7-3-2-4-8-17/h2-10,15-16,18,21H,11-14,27H2,1H3/t18-,21?/m1/s1. The molecule has 5 rings (SSSR count). The minimum atomic E-state index is -0.634. The Morgan fingerprint density at radius 3 is 2.69 bits per heavy atom. The number of aryl methyl sites for hydroxylation is 1. The van der Waals surface area contributed by atoms with E-state index in [1.54, 1.807) is 10.9 Å². The van der Waals surface area contributed by atoms with Gasteiger partial charge in [0.2, 0.25) is 5.91 Å². The third-order valence-electron chi connectivity index (χ3n) is 6.51. The number of benzene rings is 2. The molecule has 32 heavy (non-hydrogen) atoms. The first kappa shape index (κ1) is 20.4. The van der Waals surface area contributed by atoms with Gasteiger partial charge in [0.25, 0.3) is 0 Å². The van der Waals surface area contributed by atoms with Crippen LogP contribution in [0.5, 0.6) is 0 Å². The lowest BCUT2D eigenvalue weighted by atomic mass is 9.84. The van der Waals surface area contributed by atoms with Crippen LogP contribution in [0.25, 0.3) is 10.9 Å². The highest BCUT2D eigenvalue weighted by molar-refractivity contribution is 6.09. The third kappa shape index (κ3) is 3.56. The van der Waals surface area contributed by atoms with Gasteiger partial charge in [0.1, 0.15) is 6.33 Å². The van der Waals surface area contributed by atoms with E-state index in [1.807, 2.05) is 72.4 Å². The largest absolute Gasteiger partial charge is 0.350 e. The molecule has 0 radical (unpaired) electrons. The van der Waals surface area contributed by atoms with Crippen LogP contribution < -0.4 is 5.73 Å². The number of para-hydroxylation sites is 1. The average Bonchev–Trinajstić information content (AvgIpc) is 3.39. The Morgan fingerprint density at radius 1 is 1.12 bits per heavy atom. The van der Waals surface area contributed by atoms with Crippen LogP contribution in [0.3, 0.4) is 0 Å². The lowest BCUT2D eigenvalue weighted by molar-refractivity contribution is 0.0874. The van der Waals surface area contributed by atoms with Crippen molar-refractivity contribution in [3.63, 3.8) is 0 Å². The van der Waals surface area contributed by atoms with E-state index in [0.717, 1.165) is 33.4 Å². The first-order valence-electron chi connectivity index (χ1n) is 11.0. The molecule has 2 N–H and O–H groups in total. The van der Waals surface area contributed by atoms with Crippen molar-refractivity contribution in [3.8, 4) is 0 Å². The van der Waals surface area contributed by atoms with Gasteiger partial charge in [0.05, 0.1) is 11.7 Å². The van der Waals surface area contributed by atoms with Gasteiger partial charge in [-0.2, -0.15) is 0 Å². The number of hydrogen-bond donors (Lipinski definition) is 1. The Hall–Kier alpha value is -3.51. The first-order valence-corrected chi connectivity index (χ1v) is 11.0. The van der Waals surface area contributed by atoms with Gasteiger partial charge in [-0.3, -0.25) is 14.2 Å². The maximum Gasteiger partial charge on any atom is 0.249 e. The molecule has 6 nitrogen and oxygen atoms in total. The zero-order valence-electron chi connectivity index (χ0n) is 18.1. The smallest absolute Gasteiger partial charge is 0.249 e. The normalized spacial score (nSPS) is 16.6. The number of carbonyl (C=O) groups excluding carboxylic acids is 2. The summed E-state index contributed by atoms with van der Waals surface area (Å²) in [5.41, 5.74) is 10.8. The number of fused-ring (bicyclic) bond motifs is 2. The highest BCUT2D eigenvalue weighted by atomic mass is 16.2. The molecule has 0 saturated carbocycles. The Labute approximate surface area is 186 Å². The quantitative estimate of drug-likeness (QED) is 0.495. The van der Waals surface area contributed by atoms with E-state index in [-0.39, 0.29) is 17.6 Å². The molecule has 2 atom stereocenters. The van der Waals surface area contributed by atoms with Gasteiger partial charge >= 0.3 is 0 Å². The number of ketones is 1. The predicted molar refractivity (Wildman–Crippen MR) is 124 cm³/mol. The van der Waals surface area contributed by atoms with Crippen molar-refractivity contribution in [2.75, 3.05) is 0 Å². The van der Waals surface area contributed by atoms with Gasteiger partial charge in [-0.15, -0.1) is 0 Å². The minimum absolute atomic E-state index is 0.134. The summed E-state index contributed by atoms with van der Waals surface area (Å²) in [6.45, 7) is 0. The van der Waals surface area contributed by atoms with Crippen LogP contribution in [0, 0.1) is 5.92 Å². The van der Waals surface area contributed by atoms with Gasteiger partial charge in [-0.05, 0) is 30.9 Å². The van der Waals surface area contributed by atoms with Gasteiger partial charge in [0, 0.05) is 47.7 Å². The number of Topliss-reactive ketones (excluding diaryl/α,β-unsaturated/α-hetero) is 1. The first-order chi connectivity index (χ1) is 15.5. The second kappa shape index (κ2) is 8.20. The van der Waals surface area contributed by atoms with E-state index in [9.17, 15) is 9.59 Å². The summed E-state index contributed by atoms with van der Waals surface area (Å²) in [5, 5.41) is 0.985. The number of nitrogens with two attached hydrogens (primary N) is 1. The molecular weight excluding hydrogens is 400 g/mol. The summed E-state index contributed by atoms with van der Waals surface area (Å²) < 4.78 is 3.60. The van der Waals surface area contributed by atoms with E-state index in [1.165, 1.54) is 0 Å². The lowest BCUT2D eigenvalue weighted by Gasteiger charge is -2.22. The van der Waals surface area contributed by atoms with E-state index in [0.29, 0.717) is 25.7 Å². The Bertz CT molecular complexity index is 1300. The van der Waals surface area contributed by atoms with Crippen LogP contribution in [-0.2, 0) is 26.3 Å². The van der Waals surface area contributed by atoms with E-state index in [2.05, 4.69) is 4.98 Å². The molecule has 0 amide bonds. The van der Waals surface area contributed by atoms with E-state index < -0.39 is 6.04 Å². The fourth-order valence-electron chi connectivity index (χ4n) is 4.80. The monoisotopic (exact) mass is 426 g/mol. The molecule has 0 fully saturated rings. The Balaban J connectivity index is 1.34. The summed E-state index contributed by atoms with van der Waals surface area (Å²) in [6, 6.07) is 17.1. The molecule has 0 bridgehead atoms. The minimum Gasteiger partial charge on any atom is -0.350 e. The van der Waals surface area contributed by atoms with Gasteiger partial charge in [0.15, 0.2) is 5.78 Å². The van der Waals surface area contributed by atoms with Crippen LogP contribution in [0.4, 0.5) is 0 Å². The van der Waals surface area contributed by atoms with Crippen molar-refractivity contribution < 1.29 is 9.59 Å². The van der Waals surface area contributed by atoms with Crippen LogP contribution in [-0.4, -0.2) is 31.9 Å². The summed E-state index contributed by atoms with van der Waals surface area (Å²) >= 11 is 0. The number of rotatable bonds is 5. The van der Waals surface area contributed by atoms with Crippen LogP contribution in [0.15, 0.2) is 67.1 Å². The summed E-state index contributed by atoms with van der Waals surface area (Å²) in [7, 11) is 1.96. The van der Waals surface area contributed by atoms with Gasteiger partial charge in [-0.25, -0.2) is 4.98 Å². The number of imidazole rings is 1. The molecule has 1 aliphatic rings. The van der Waals surface area contributed by atoms with Crippen LogP contribution >= 0.6 is 0 Å². The second-order valence-corrected chi connectivity index (χ2v) is 8.62. The third-order valence-corrected chi connectivity index (χ3v) is 6.51. The maximum atomic E-state index is 13.4. The fourth-order valence-corrected chi connectivity index (χ4v) is 4.80. The molecule has 162 valence electrons. The second-order valence-electron chi connectivity index (χ2n) is 8.62. The molecule has 4 aromatic rings. The van der Waals surface area contributed by atoms with Crippen molar-refractivity contribution in [1.82, 2.24) is 14.1 Å². The van der Waals surface area contributed by atoms with Gasteiger partial charge < -0.3 is 10.3 Å². The molecule has 0 spiro atoms. The Kier molecular flexibility index (Phi) is 5.23. The molecule has 1 unspecified atom stereocenters. The average molecular weight is 427 g/mol. The summed E-state index contributed by atoms with van der Waals surface area (Å²) in [6.07, 6.45) is 5.86. The SMILES string of the molecule is Cn1cc(C(=O)[C@@H]2CCc3c(ncn3C(=O)C(N)Cc3ccccc3)C2)c2ccccc21. The molecular formula is C26H26N4O2. The molecule has 0 aliphatic heterocycles. The van der Waals surface area contributed by atoms with Gasteiger partial charge in [-0.1, -0.05) is 48.5 Å². The van der Waals surface area contributed by atoms with Crippen molar-refractivity contribution >= 4 is 22.6 Å².